The van der Waals surface area contributed by atoms with Crippen LogP contribution in [0.3, 0.4) is 0 Å². The van der Waals surface area contributed by atoms with Gasteiger partial charge in [0.1, 0.15) is 0 Å². The summed E-state index contributed by atoms with van der Waals surface area (Å²) in [6.45, 7) is 8.64. The molecule has 0 bridgehead atoms. The molecular weight excluding hydrogens is 232 g/mol. The molecule has 2 heteroatoms. The molecule has 2 rings (SSSR count). The van der Waals surface area contributed by atoms with Gasteiger partial charge in [0.25, 0.3) is 0 Å². The Labute approximate surface area is 120 Å². The van der Waals surface area contributed by atoms with Gasteiger partial charge in [-0.1, -0.05) is 39.5 Å². The fourth-order valence-electron chi connectivity index (χ4n) is 3.37. The van der Waals surface area contributed by atoms with E-state index in [0.717, 1.165) is 18.0 Å². The Morgan fingerprint density at radius 2 is 2.00 bits per heavy atom. The van der Waals surface area contributed by atoms with E-state index in [1.54, 1.807) is 0 Å². The minimum absolute atomic E-state index is 0.824. The van der Waals surface area contributed by atoms with Crippen LogP contribution in [0.2, 0.25) is 0 Å². The number of nitrogens with zero attached hydrogens (tertiary/aromatic N) is 1. The Balaban J connectivity index is 1.75. The molecule has 1 aliphatic heterocycles. The van der Waals surface area contributed by atoms with Crippen LogP contribution in [0.4, 0.5) is 0 Å². The number of unbranched alkanes of at least 4 members (excludes halogenated alkanes) is 1. The van der Waals surface area contributed by atoms with Crippen LogP contribution in [0, 0.1) is 5.92 Å². The normalized spacial score (nSPS) is 26.5. The number of hydrogen-bond acceptors (Lipinski definition) is 2. The molecule has 1 saturated carbocycles. The summed E-state index contributed by atoms with van der Waals surface area (Å²) in [7, 11) is 0. The summed E-state index contributed by atoms with van der Waals surface area (Å²) in [5.41, 5.74) is 0. The van der Waals surface area contributed by atoms with Gasteiger partial charge < -0.3 is 5.32 Å². The standard InChI is InChI=1S/C17H34N2/c1-3-5-8-15(4-2)14-19-12-7-6-9-17(19)13-18-16-10-11-16/h15-18H,3-14H2,1-2H3. The monoisotopic (exact) mass is 266 g/mol. The number of hydrogen-bond donors (Lipinski definition) is 1. The van der Waals surface area contributed by atoms with Gasteiger partial charge in [-0.15, -0.1) is 0 Å². The zero-order valence-electron chi connectivity index (χ0n) is 13.2. The van der Waals surface area contributed by atoms with Crippen molar-refractivity contribution in [3.63, 3.8) is 0 Å². The van der Waals surface area contributed by atoms with Gasteiger partial charge in [0.15, 0.2) is 0 Å². The predicted octanol–water partition coefficient (Wildman–Crippen LogP) is 3.81. The lowest BCUT2D eigenvalue weighted by atomic mass is 9.95. The van der Waals surface area contributed by atoms with Gasteiger partial charge >= 0.3 is 0 Å². The number of likely N-dealkylation sites (tertiary alicyclic amines) is 1. The molecule has 0 aromatic heterocycles. The average molecular weight is 266 g/mol. The second kappa shape index (κ2) is 8.26. The predicted molar refractivity (Wildman–Crippen MR) is 83.5 cm³/mol. The maximum atomic E-state index is 3.75. The first kappa shape index (κ1) is 15.3. The van der Waals surface area contributed by atoms with Gasteiger partial charge in [0, 0.05) is 25.2 Å². The van der Waals surface area contributed by atoms with E-state index in [1.807, 2.05) is 0 Å². The molecule has 1 heterocycles. The van der Waals surface area contributed by atoms with E-state index in [0.29, 0.717) is 0 Å². The third-order valence-corrected chi connectivity index (χ3v) is 5.00. The minimum atomic E-state index is 0.824. The molecule has 0 radical (unpaired) electrons. The highest BCUT2D eigenvalue weighted by atomic mass is 15.2. The lowest BCUT2D eigenvalue weighted by Gasteiger charge is -2.38. The SMILES string of the molecule is CCCCC(CC)CN1CCCCC1CNC1CC1. The first-order valence-corrected chi connectivity index (χ1v) is 8.80. The molecule has 2 aliphatic rings. The van der Waals surface area contributed by atoms with Gasteiger partial charge in [0.05, 0.1) is 0 Å². The second-order valence-electron chi connectivity index (χ2n) is 6.74. The minimum Gasteiger partial charge on any atom is -0.312 e. The van der Waals surface area contributed by atoms with Gasteiger partial charge in [-0.2, -0.15) is 0 Å². The maximum Gasteiger partial charge on any atom is 0.0220 e. The molecule has 0 spiro atoms. The van der Waals surface area contributed by atoms with Crippen molar-refractivity contribution >= 4 is 0 Å². The fraction of sp³-hybridized carbons (Fsp3) is 1.00. The van der Waals surface area contributed by atoms with Crippen LogP contribution in [0.15, 0.2) is 0 Å². The molecule has 1 saturated heterocycles. The van der Waals surface area contributed by atoms with Crippen LogP contribution in [0.1, 0.15) is 71.6 Å². The third kappa shape index (κ3) is 5.43. The molecule has 19 heavy (non-hydrogen) atoms. The summed E-state index contributed by atoms with van der Waals surface area (Å²) in [4.78, 5) is 2.81. The van der Waals surface area contributed by atoms with E-state index in [4.69, 9.17) is 0 Å². The fourth-order valence-corrected chi connectivity index (χ4v) is 3.37. The van der Waals surface area contributed by atoms with Crippen molar-refractivity contribution in [2.45, 2.75) is 83.7 Å². The van der Waals surface area contributed by atoms with E-state index in [2.05, 4.69) is 24.1 Å². The molecule has 2 fully saturated rings. The summed E-state index contributed by atoms with van der Waals surface area (Å²) in [5, 5.41) is 3.75. The van der Waals surface area contributed by atoms with E-state index >= 15 is 0 Å². The van der Waals surface area contributed by atoms with Crippen molar-refractivity contribution in [2.24, 2.45) is 5.92 Å². The number of nitrogens with one attached hydrogen (secondary N) is 1. The molecule has 2 atom stereocenters. The molecule has 112 valence electrons. The summed E-state index contributed by atoms with van der Waals surface area (Å²) >= 11 is 0. The van der Waals surface area contributed by atoms with Crippen LogP contribution in [-0.4, -0.2) is 36.6 Å². The van der Waals surface area contributed by atoms with Crippen molar-refractivity contribution < 1.29 is 0 Å². The van der Waals surface area contributed by atoms with Crippen molar-refractivity contribution in [1.29, 1.82) is 0 Å². The summed E-state index contributed by atoms with van der Waals surface area (Å²) in [6, 6.07) is 1.69. The van der Waals surface area contributed by atoms with Crippen molar-refractivity contribution in [3.05, 3.63) is 0 Å². The Hall–Kier alpha value is -0.0800. The quantitative estimate of drug-likeness (QED) is 0.683. The van der Waals surface area contributed by atoms with Crippen LogP contribution in [0.5, 0.6) is 0 Å². The molecule has 0 aromatic carbocycles. The summed E-state index contributed by atoms with van der Waals surface area (Å²) < 4.78 is 0. The van der Waals surface area contributed by atoms with Gasteiger partial charge in [-0.25, -0.2) is 0 Å². The molecular formula is C17H34N2. The van der Waals surface area contributed by atoms with Crippen molar-refractivity contribution in [1.82, 2.24) is 10.2 Å². The molecule has 0 amide bonds. The van der Waals surface area contributed by atoms with Gasteiger partial charge in [-0.3, -0.25) is 4.90 Å². The molecule has 1 aliphatic carbocycles. The Kier molecular flexibility index (Phi) is 6.66. The summed E-state index contributed by atoms with van der Waals surface area (Å²) in [5.74, 6) is 0.932. The average Bonchev–Trinajstić information content (AvgIpc) is 3.26. The van der Waals surface area contributed by atoms with E-state index in [-0.39, 0.29) is 0 Å². The van der Waals surface area contributed by atoms with Crippen LogP contribution >= 0.6 is 0 Å². The smallest absolute Gasteiger partial charge is 0.0220 e. The summed E-state index contributed by atoms with van der Waals surface area (Å²) in [6.07, 6.45) is 12.7. The zero-order chi connectivity index (χ0) is 13.5. The zero-order valence-corrected chi connectivity index (χ0v) is 13.2. The largest absolute Gasteiger partial charge is 0.312 e. The number of piperidine rings is 1. The second-order valence-corrected chi connectivity index (χ2v) is 6.74. The lowest BCUT2D eigenvalue weighted by Crippen LogP contribution is -2.47. The third-order valence-electron chi connectivity index (χ3n) is 5.00. The van der Waals surface area contributed by atoms with Gasteiger partial charge in [0.2, 0.25) is 0 Å². The first-order valence-electron chi connectivity index (χ1n) is 8.80. The van der Waals surface area contributed by atoms with Crippen LogP contribution in [-0.2, 0) is 0 Å². The van der Waals surface area contributed by atoms with E-state index < -0.39 is 0 Å². The highest BCUT2D eigenvalue weighted by Gasteiger charge is 2.27. The molecule has 2 unspecified atom stereocenters. The van der Waals surface area contributed by atoms with Crippen molar-refractivity contribution in [2.75, 3.05) is 19.6 Å². The topological polar surface area (TPSA) is 15.3 Å². The molecule has 0 aromatic rings. The Morgan fingerprint density at radius 1 is 1.16 bits per heavy atom. The van der Waals surface area contributed by atoms with E-state index in [9.17, 15) is 0 Å². The molecule has 2 nitrogen and oxygen atoms in total. The first-order chi connectivity index (χ1) is 9.33. The Bertz CT molecular complexity index is 237. The van der Waals surface area contributed by atoms with Crippen molar-refractivity contribution in [3.8, 4) is 0 Å². The lowest BCUT2D eigenvalue weighted by molar-refractivity contribution is 0.118. The highest BCUT2D eigenvalue weighted by molar-refractivity contribution is 4.86. The Morgan fingerprint density at radius 3 is 2.68 bits per heavy atom. The van der Waals surface area contributed by atoms with Crippen LogP contribution < -0.4 is 5.32 Å². The van der Waals surface area contributed by atoms with Crippen LogP contribution in [0.25, 0.3) is 0 Å². The highest BCUT2D eigenvalue weighted by Crippen LogP contribution is 2.23. The van der Waals surface area contributed by atoms with E-state index in [1.165, 1.54) is 77.4 Å². The van der Waals surface area contributed by atoms with Gasteiger partial charge in [-0.05, 0) is 44.6 Å². The molecule has 1 N–H and O–H groups in total. The number of rotatable bonds is 9. The maximum absolute atomic E-state index is 3.75.